The first-order chi connectivity index (χ1) is 7.63. The fraction of sp³-hybridized carbons (Fsp3) is 0.500. The highest BCUT2D eigenvalue weighted by Gasteiger charge is 2.34. The quantitative estimate of drug-likeness (QED) is 0.818. The first-order valence-electron chi connectivity index (χ1n) is 5.40. The molecule has 0 radical (unpaired) electrons. The second-order valence-electron chi connectivity index (χ2n) is 4.25. The molecular weight excluding hydrogens is 209 g/mol. The molecular formula is C12H16FNO2. The van der Waals surface area contributed by atoms with Crippen LogP contribution in [0.1, 0.15) is 24.4 Å². The van der Waals surface area contributed by atoms with Gasteiger partial charge in [0.15, 0.2) is 11.6 Å². The molecule has 1 saturated carbocycles. The maximum atomic E-state index is 13.2. The summed E-state index contributed by atoms with van der Waals surface area (Å²) in [6.45, 7) is 0. The topological polar surface area (TPSA) is 55.5 Å². The van der Waals surface area contributed by atoms with E-state index in [0.29, 0.717) is 11.5 Å². The normalized spacial score (nSPS) is 19.2. The van der Waals surface area contributed by atoms with Crippen molar-refractivity contribution in [3.05, 3.63) is 29.6 Å². The molecule has 0 aromatic heterocycles. The number of benzene rings is 1. The number of hydrogen-bond donors (Lipinski definition) is 2. The molecule has 88 valence electrons. The highest BCUT2D eigenvalue weighted by molar-refractivity contribution is 5.32. The zero-order valence-corrected chi connectivity index (χ0v) is 9.19. The van der Waals surface area contributed by atoms with Crippen LogP contribution < -0.4 is 10.5 Å². The summed E-state index contributed by atoms with van der Waals surface area (Å²) in [5.74, 6) is 0.0429. The van der Waals surface area contributed by atoms with Gasteiger partial charge in [-0.2, -0.15) is 0 Å². The molecule has 3 nitrogen and oxygen atoms in total. The first-order valence-corrected chi connectivity index (χ1v) is 5.40. The van der Waals surface area contributed by atoms with Gasteiger partial charge in [-0.1, -0.05) is 6.07 Å². The molecule has 1 aliphatic rings. The van der Waals surface area contributed by atoms with Gasteiger partial charge in [-0.3, -0.25) is 0 Å². The van der Waals surface area contributed by atoms with Gasteiger partial charge in [0, 0.05) is 0 Å². The third-order valence-corrected chi connectivity index (χ3v) is 3.03. The third kappa shape index (κ3) is 2.18. The average Bonchev–Trinajstić information content (AvgIpc) is 3.11. The second-order valence-corrected chi connectivity index (χ2v) is 4.25. The summed E-state index contributed by atoms with van der Waals surface area (Å²) in [5.41, 5.74) is 6.63. The van der Waals surface area contributed by atoms with Crippen LogP contribution in [-0.4, -0.2) is 18.3 Å². The largest absolute Gasteiger partial charge is 0.494 e. The minimum absolute atomic E-state index is 0.163. The molecule has 3 N–H and O–H groups in total. The minimum atomic E-state index is -0.546. The van der Waals surface area contributed by atoms with Crippen LogP contribution in [0.15, 0.2) is 18.2 Å². The van der Waals surface area contributed by atoms with Gasteiger partial charge in [0.1, 0.15) is 0 Å². The van der Waals surface area contributed by atoms with Crippen LogP contribution in [0.25, 0.3) is 0 Å². The van der Waals surface area contributed by atoms with Crippen molar-refractivity contribution in [2.24, 2.45) is 11.7 Å². The van der Waals surface area contributed by atoms with Crippen molar-refractivity contribution in [2.75, 3.05) is 7.11 Å². The Labute approximate surface area is 94.0 Å². The molecule has 0 bridgehead atoms. The molecule has 1 fully saturated rings. The SMILES string of the molecule is COc1cc([C@H](N)[C@H](O)C2CC2)ccc1F. The average molecular weight is 225 g/mol. The second kappa shape index (κ2) is 4.39. The van der Waals surface area contributed by atoms with Gasteiger partial charge in [0.05, 0.1) is 19.3 Å². The predicted molar refractivity (Wildman–Crippen MR) is 58.6 cm³/mol. The lowest BCUT2D eigenvalue weighted by Crippen LogP contribution is -2.27. The maximum absolute atomic E-state index is 13.2. The zero-order chi connectivity index (χ0) is 11.7. The highest BCUT2D eigenvalue weighted by Crippen LogP contribution is 2.37. The van der Waals surface area contributed by atoms with E-state index < -0.39 is 18.0 Å². The molecule has 1 aromatic rings. The lowest BCUT2D eigenvalue weighted by molar-refractivity contribution is 0.122. The van der Waals surface area contributed by atoms with Crippen molar-refractivity contribution in [1.82, 2.24) is 0 Å². The van der Waals surface area contributed by atoms with Crippen LogP contribution in [0.4, 0.5) is 4.39 Å². The molecule has 2 atom stereocenters. The highest BCUT2D eigenvalue weighted by atomic mass is 19.1. The van der Waals surface area contributed by atoms with Gasteiger partial charge in [-0.25, -0.2) is 4.39 Å². The molecule has 0 spiro atoms. The lowest BCUT2D eigenvalue weighted by Gasteiger charge is -2.19. The van der Waals surface area contributed by atoms with Gasteiger partial charge in [0.25, 0.3) is 0 Å². The number of methoxy groups -OCH3 is 1. The van der Waals surface area contributed by atoms with Crippen LogP contribution in [-0.2, 0) is 0 Å². The Balaban J connectivity index is 2.18. The van der Waals surface area contributed by atoms with Crippen molar-refractivity contribution >= 4 is 0 Å². The van der Waals surface area contributed by atoms with E-state index in [1.165, 1.54) is 13.2 Å². The summed E-state index contributed by atoms with van der Waals surface area (Å²) in [5, 5.41) is 9.88. The van der Waals surface area contributed by atoms with E-state index in [2.05, 4.69) is 0 Å². The van der Waals surface area contributed by atoms with E-state index in [1.54, 1.807) is 12.1 Å². The van der Waals surface area contributed by atoms with Crippen molar-refractivity contribution in [3.8, 4) is 5.75 Å². The number of aliphatic hydroxyl groups excluding tert-OH is 1. The Morgan fingerprint density at radius 2 is 2.19 bits per heavy atom. The predicted octanol–water partition coefficient (Wildman–Crippen LogP) is 1.60. The van der Waals surface area contributed by atoms with E-state index in [1.807, 2.05) is 0 Å². The molecule has 0 amide bonds. The Morgan fingerprint density at radius 3 is 2.75 bits per heavy atom. The lowest BCUT2D eigenvalue weighted by atomic mass is 9.99. The number of rotatable bonds is 4. The Bertz CT molecular complexity index is 379. The van der Waals surface area contributed by atoms with E-state index in [9.17, 15) is 9.50 Å². The smallest absolute Gasteiger partial charge is 0.165 e. The van der Waals surface area contributed by atoms with Crippen molar-refractivity contribution in [2.45, 2.75) is 25.0 Å². The van der Waals surface area contributed by atoms with Crippen LogP contribution in [0.5, 0.6) is 5.75 Å². The molecule has 1 aromatic carbocycles. The number of ether oxygens (including phenoxy) is 1. The molecule has 2 rings (SSSR count). The summed E-state index contributed by atoms with van der Waals surface area (Å²) in [7, 11) is 1.41. The Kier molecular flexibility index (Phi) is 3.12. The molecule has 4 heteroatoms. The molecule has 0 aliphatic heterocycles. The first kappa shape index (κ1) is 11.4. The Hall–Kier alpha value is -1.13. The van der Waals surface area contributed by atoms with Gasteiger partial charge >= 0.3 is 0 Å². The number of aliphatic hydroxyl groups is 1. The standard InChI is InChI=1S/C12H16FNO2/c1-16-10-6-8(4-5-9(10)13)11(14)12(15)7-2-3-7/h4-7,11-12,15H,2-3,14H2,1H3/t11-,12+/m0/s1. The van der Waals surface area contributed by atoms with E-state index in [4.69, 9.17) is 10.5 Å². The van der Waals surface area contributed by atoms with Crippen LogP contribution in [0.2, 0.25) is 0 Å². The fourth-order valence-corrected chi connectivity index (χ4v) is 1.81. The minimum Gasteiger partial charge on any atom is -0.494 e. The fourth-order valence-electron chi connectivity index (χ4n) is 1.81. The van der Waals surface area contributed by atoms with E-state index in [0.717, 1.165) is 12.8 Å². The monoisotopic (exact) mass is 225 g/mol. The Morgan fingerprint density at radius 1 is 1.50 bits per heavy atom. The van der Waals surface area contributed by atoms with Crippen molar-refractivity contribution in [1.29, 1.82) is 0 Å². The van der Waals surface area contributed by atoms with Gasteiger partial charge in [-0.05, 0) is 36.5 Å². The number of hydrogen-bond acceptors (Lipinski definition) is 3. The van der Waals surface area contributed by atoms with Gasteiger partial charge < -0.3 is 15.6 Å². The summed E-state index contributed by atoms with van der Waals surface area (Å²) in [6, 6.07) is 3.98. The maximum Gasteiger partial charge on any atom is 0.165 e. The van der Waals surface area contributed by atoms with Crippen LogP contribution in [0.3, 0.4) is 0 Å². The van der Waals surface area contributed by atoms with Crippen LogP contribution in [0, 0.1) is 11.7 Å². The number of nitrogens with two attached hydrogens (primary N) is 1. The van der Waals surface area contributed by atoms with Crippen molar-refractivity contribution in [3.63, 3.8) is 0 Å². The summed E-state index contributed by atoms with van der Waals surface area (Å²) in [6.07, 6.45) is 1.50. The summed E-state index contributed by atoms with van der Waals surface area (Å²) in [4.78, 5) is 0. The molecule has 0 unspecified atom stereocenters. The van der Waals surface area contributed by atoms with Gasteiger partial charge in [-0.15, -0.1) is 0 Å². The number of halogens is 1. The van der Waals surface area contributed by atoms with Gasteiger partial charge in [0.2, 0.25) is 0 Å². The summed E-state index contributed by atoms with van der Waals surface area (Å²) >= 11 is 0. The van der Waals surface area contributed by atoms with Crippen LogP contribution >= 0.6 is 0 Å². The molecule has 0 heterocycles. The molecule has 16 heavy (non-hydrogen) atoms. The van der Waals surface area contributed by atoms with E-state index in [-0.39, 0.29) is 5.75 Å². The van der Waals surface area contributed by atoms with Crippen molar-refractivity contribution < 1.29 is 14.2 Å². The van der Waals surface area contributed by atoms with E-state index >= 15 is 0 Å². The molecule has 1 aliphatic carbocycles. The molecule has 0 saturated heterocycles. The summed E-state index contributed by atoms with van der Waals surface area (Å²) < 4.78 is 18.1. The third-order valence-electron chi connectivity index (χ3n) is 3.03. The zero-order valence-electron chi connectivity index (χ0n) is 9.19.